The predicted octanol–water partition coefficient (Wildman–Crippen LogP) is 4.11. The summed E-state index contributed by atoms with van der Waals surface area (Å²) in [5.74, 6) is 2.01. The van der Waals surface area contributed by atoms with Gasteiger partial charge in [-0.2, -0.15) is 0 Å². The van der Waals surface area contributed by atoms with E-state index in [-0.39, 0.29) is 5.91 Å². The average molecular weight is 337 g/mol. The van der Waals surface area contributed by atoms with Crippen LogP contribution >= 0.6 is 0 Å². The van der Waals surface area contributed by atoms with Crippen molar-refractivity contribution in [1.29, 1.82) is 0 Å². The lowest BCUT2D eigenvalue weighted by Gasteiger charge is -2.34. The molecule has 0 saturated heterocycles. The molecular weight excluding hydrogens is 310 g/mol. The van der Waals surface area contributed by atoms with Gasteiger partial charge in [-0.05, 0) is 66.3 Å². The Kier molecular flexibility index (Phi) is 5.75. The number of hydrogen-bond donors (Lipinski definition) is 1. The van der Waals surface area contributed by atoms with Crippen LogP contribution in [-0.2, 0) is 17.6 Å². The molecule has 3 heteroatoms. The number of carbonyl (C=O) groups is 1. The van der Waals surface area contributed by atoms with Crippen LogP contribution in [-0.4, -0.2) is 19.6 Å². The highest BCUT2D eigenvalue weighted by Gasteiger charge is 2.29. The summed E-state index contributed by atoms with van der Waals surface area (Å²) in [7, 11) is 1.72. The number of ether oxygens (including phenoxy) is 1. The maximum atomic E-state index is 11.3. The van der Waals surface area contributed by atoms with Gasteiger partial charge in [0.05, 0.1) is 7.11 Å². The summed E-state index contributed by atoms with van der Waals surface area (Å²) in [4.78, 5) is 11.3. The smallest absolute Gasteiger partial charge is 0.216 e. The van der Waals surface area contributed by atoms with Crippen LogP contribution in [0.1, 0.15) is 42.4 Å². The van der Waals surface area contributed by atoms with Crippen molar-refractivity contribution >= 4 is 5.91 Å². The van der Waals surface area contributed by atoms with E-state index in [1.807, 2.05) is 0 Å². The van der Waals surface area contributed by atoms with Gasteiger partial charge in [0.1, 0.15) is 5.75 Å². The Morgan fingerprint density at radius 1 is 1.20 bits per heavy atom. The van der Waals surface area contributed by atoms with Crippen molar-refractivity contribution in [2.75, 3.05) is 13.7 Å². The van der Waals surface area contributed by atoms with Gasteiger partial charge in [0.2, 0.25) is 5.91 Å². The number of carbonyl (C=O) groups excluding carboxylic acids is 1. The zero-order valence-electron chi connectivity index (χ0n) is 15.1. The number of rotatable bonds is 6. The molecule has 2 aromatic rings. The van der Waals surface area contributed by atoms with Gasteiger partial charge in [-0.1, -0.05) is 36.4 Å². The third-order valence-electron chi connectivity index (χ3n) is 5.28. The van der Waals surface area contributed by atoms with Crippen molar-refractivity contribution in [2.24, 2.45) is 5.92 Å². The lowest BCUT2D eigenvalue weighted by atomic mass is 9.71. The van der Waals surface area contributed by atoms with Crippen molar-refractivity contribution in [3.8, 4) is 5.75 Å². The first-order valence-electron chi connectivity index (χ1n) is 9.12. The fraction of sp³-hybridized carbons (Fsp3) is 0.409. The Bertz CT molecular complexity index is 711. The number of fused-ring (bicyclic) bond motifs is 1. The summed E-state index contributed by atoms with van der Waals surface area (Å²) in [6, 6.07) is 17.2. The largest absolute Gasteiger partial charge is 0.497 e. The minimum Gasteiger partial charge on any atom is -0.497 e. The fourth-order valence-corrected chi connectivity index (χ4v) is 4.02. The van der Waals surface area contributed by atoms with Gasteiger partial charge in [-0.3, -0.25) is 4.79 Å². The molecule has 132 valence electrons. The summed E-state index contributed by atoms with van der Waals surface area (Å²) < 4.78 is 5.46. The number of amides is 1. The highest BCUT2D eigenvalue weighted by molar-refractivity contribution is 5.72. The Labute approximate surface area is 150 Å². The van der Waals surface area contributed by atoms with Gasteiger partial charge in [-0.25, -0.2) is 0 Å². The molecule has 0 bridgehead atoms. The molecule has 0 radical (unpaired) electrons. The Morgan fingerprint density at radius 3 is 2.72 bits per heavy atom. The maximum Gasteiger partial charge on any atom is 0.216 e. The van der Waals surface area contributed by atoms with Crippen LogP contribution in [0.3, 0.4) is 0 Å². The summed E-state index contributed by atoms with van der Waals surface area (Å²) in [6.07, 6.45) is 4.37. The summed E-state index contributed by atoms with van der Waals surface area (Å²) in [5.41, 5.74) is 4.22. The third-order valence-corrected chi connectivity index (χ3v) is 5.28. The third kappa shape index (κ3) is 4.41. The van der Waals surface area contributed by atoms with Crippen molar-refractivity contribution in [3.05, 3.63) is 65.2 Å². The second-order valence-corrected chi connectivity index (χ2v) is 6.93. The summed E-state index contributed by atoms with van der Waals surface area (Å²) >= 11 is 0. The highest BCUT2D eigenvalue weighted by atomic mass is 16.5. The van der Waals surface area contributed by atoms with E-state index in [4.69, 9.17) is 4.74 Å². The molecule has 3 nitrogen and oxygen atoms in total. The van der Waals surface area contributed by atoms with Crippen LogP contribution in [0, 0.1) is 5.92 Å². The number of benzene rings is 2. The Balaban J connectivity index is 1.84. The monoisotopic (exact) mass is 337 g/mol. The average Bonchev–Trinajstić information content (AvgIpc) is 2.63. The van der Waals surface area contributed by atoms with E-state index < -0.39 is 0 Å². The van der Waals surface area contributed by atoms with E-state index in [0.29, 0.717) is 11.8 Å². The topological polar surface area (TPSA) is 38.3 Å². The summed E-state index contributed by atoms with van der Waals surface area (Å²) in [6.45, 7) is 2.31. The molecule has 25 heavy (non-hydrogen) atoms. The molecule has 3 rings (SSSR count). The molecule has 0 saturated carbocycles. The molecule has 2 unspecified atom stereocenters. The first-order valence-corrected chi connectivity index (χ1v) is 9.12. The van der Waals surface area contributed by atoms with Crippen LogP contribution in [0.5, 0.6) is 5.75 Å². The zero-order chi connectivity index (χ0) is 17.6. The van der Waals surface area contributed by atoms with Crippen LogP contribution in [0.25, 0.3) is 0 Å². The van der Waals surface area contributed by atoms with Gasteiger partial charge >= 0.3 is 0 Å². The van der Waals surface area contributed by atoms with Crippen molar-refractivity contribution in [3.63, 3.8) is 0 Å². The van der Waals surface area contributed by atoms with Crippen molar-refractivity contribution in [1.82, 2.24) is 5.32 Å². The van der Waals surface area contributed by atoms with Crippen LogP contribution in [0.15, 0.2) is 48.5 Å². The summed E-state index contributed by atoms with van der Waals surface area (Å²) in [5, 5.41) is 2.97. The molecule has 2 atom stereocenters. The molecule has 1 amide bonds. The SMILES string of the molecule is COc1ccc2c(c1)C(CCNC(C)=O)C(Cc1ccccc1)CC2. The molecule has 0 fully saturated rings. The molecule has 0 aromatic heterocycles. The van der Waals surface area contributed by atoms with Crippen molar-refractivity contribution in [2.45, 2.75) is 38.5 Å². The second kappa shape index (κ2) is 8.19. The van der Waals surface area contributed by atoms with Gasteiger partial charge in [0, 0.05) is 13.5 Å². The first-order chi connectivity index (χ1) is 12.2. The number of aryl methyl sites for hydroxylation is 1. The second-order valence-electron chi connectivity index (χ2n) is 6.93. The molecule has 1 aliphatic rings. The first kappa shape index (κ1) is 17.5. The molecule has 2 aromatic carbocycles. The van der Waals surface area contributed by atoms with Crippen molar-refractivity contribution < 1.29 is 9.53 Å². The minimum atomic E-state index is 0.0429. The van der Waals surface area contributed by atoms with Gasteiger partial charge in [0.25, 0.3) is 0 Å². The highest BCUT2D eigenvalue weighted by Crippen LogP contribution is 2.41. The lowest BCUT2D eigenvalue weighted by molar-refractivity contribution is -0.118. The maximum absolute atomic E-state index is 11.3. The van der Waals surface area contributed by atoms with E-state index in [1.165, 1.54) is 23.1 Å². The molecular formula is C22H27NO2. The quantitative estimate of drug-likeness (QED) is 0.861. The molecule has 0 spiro atoms. The van der Waals surface area contributed by atoms with E-state index in [0.717, 1.165) is 31.6 Å². The number of hydrogen-bond acceptors (Lipinski definition) is 2. The molecule has 0 heterocycles. The molecule has 1 N–H and O–H groups in total. The fourth-order valence-electron chi connectivity index (χ4n) is 4.02. The Morgan fingerprint density at radius 2 is 2.00 bits per heavy atom. The molecule has 1 aliphatic carbocycles. The van der Waals surface area contributed by atoms with E-state index in [1.54, 1.807) is 14.0 Å². The van der Waals surface area contributed by atoms with Gasteiger partial charge in [0.15, 0.2) is 0 Å². The van der Waals surface area contributed by atoms with Crippen LogP contribution in [0.2, 0.25) is 0 Å². The predicted molar refractivity (Wildman–Crippen MR) is 101 cm³/mol. The zero-order valence-corrected chi connectivity index (χ0v) is 15.1. The van der Waals surface area contributed by atoms with E-state index in [9.17, 15) is 4.79 Å². The van der Waals surface area contributed by atoms with E-state index in [2.05, 4.69) is 53.8 Å². The van der Waals surface area contributed by atoms with Gasteiger partial charge < -0.3 is 10.1 Å². The lowest BCUT2D eigenvalue weighted by Crippen LogP contribution is -2.28. The van der Waals surface area contributed by atoms with Crippen LogP contribution in [0.4, 0.5) is 0 Å². The normalized spacial score (nSPS) is 19.1. The minimum absolute atomic E-state index is 0.0429. The van der Waals surface area contributed by atoms with Gasteiger partial charge in [-0.15, -0.1) is 0 Å². The van der Waals surface area contributed by atoms with E-state index >= 15 is 0 Å². The van der Waals surface area contributed by atoms with Crippen LogP contribution < -0.4 is 10.1 Å². The number of nitrogens with one attached hydrogen (secondary N) is 1. The standard InChI is InChI=1S/C22H27NO2/c1-16(24)23-13-12-21-19(14-17-6-4-3-5-7-17)9-8-18-10-11-20(25-2)15-22(18)21/h3-7,10-11,15,19,21H,8-9,12-14H2,1-2H3,(H,23,24). The number of methoxy groups -OCH3 is 1. The Hall–Kier alpha value is -2.29. The molecule has 0 aliphatic heterocycles.